The number of nitrogens with two attached hydrogens (primary N) is 1. The van der Waals surface area contributed by atoms with E-state index in [4.69, 9.17) is 5.73 Å². The van der Waals surface area contributed by atoms with Crippen LogP contribution in [-0.2, 0) is 0 Å². The Balaban J connectivity index is 2.13. The van der Waals surface area contributed by atoms with Crippen molar-refractivity contribution in [3.05, 3.63) is 0 Å². The van der Waals surface area contributed by atoms with Crippen molar-refractivity contribution >= 4 is 0 Å². The van der Waals surface area contributed by atoms with E-state index in [0.29, 0.717) is 6.04 Å². The Morgan fingerprint density at radius 1 is 1.40 bits per heavy atom. The van der Waals surface area contributed by atoms with E-state index in [-0.39, 0.29) is 0 Å². The quantitative estimate of drug-likeness (QED) is 0.640. The number of rotatable bonds is 3. The molecule has 0 spiro atoms. The maximum absolute atomic E-state index is 5.98. The summed E-state index contributed by atoms with van der Waals surface area (Å²) in [6, 6.07) is 0.494. The van der Waals surface area contributed by atoms with Crippen molar-refractivity contribution in [3.63, 3.8) is 0 Å². The predicted molar refractivity (Wildman–Crippen MR) is 44.8 cm³/mol. The highest BCUT2D eigenvalue weighted by molar-refractivity contribution is 4.80. The van der Waals surface area contributed by atoms with Crippen LogP contribution in [0, 0.1) is 11.8 Å². The summed E-state index contributed by atoms with van der Waals surface area (Å²) in [6.07, 6.45) is 5.39. The van der Waals surface area contributed by atoms with Crippen LogP contribution < -0.4 is 5.73 Å². The standard InChI is InChI=1S/C9H19N/c1-7(2)6-9(10)8-4-3-5-8/h7-9H,3-6,10H2,1-2H3. The third-order valence-corrected chi connectivity index (χ3v) is 2.50. The molecule has 0 aliphatic heterocycles. The van der Waals surface area contributed by atoms with Crippen LogP contribution in [0.4, 0.5) is 0 Å². The molecular weight excluding hydrogens is 122 g/mol. The first kappa shape index (κ1) is 8.06. The topological polar surface area (TPSA) is 26.0 Å². The minimum atomic E-state index is 0.494. The lowest BCUT2D eigenvalue weighted by molar-refractivity contribution is 0.239. The molecule has 0 bridgehead atoms. The van der Waals surface area contributed by atoms with Crippen LogP contribution in [0.2, 0.25) is 0 Å². The highest BCUT2D eigenvalue weighted by Crippen LogP contribution is 2.30. The Kier molecular flexibility index (Phi) is 2.72. The van der Waals surface area contributed by atoms with E-state index in [9.17, 15) is 0 Å². The Morgan fingerprint density at radius 3 is 2.30 bits per heavy atom. The molecule has 0 heterocycles. The van der Waals surface area contributed by atoms with Crippen LogP contribution in [-0.4, -0.2) is 6.04 Å². The second-order valence-electron chi connectivity index (χ2n) is 3.98. The van der Waals surface area contributed by atoms with Crippen LogP contribution in [0.1, 0.15) is 39.5 Å². The largest absolute Gasteiger partial charge is 0.327 e. The van der Waals surface area contributed by atoms with E-state index in [1.807, 2.05) is 0 Å². The van der Waals surface area contributed by atoms with Crippen molar-refractivity contribution in [2.75, 3.05) is 0 Å². The van der Waals surface area contributed by atoms with E-state index in [0.717, 1.165) is 11.8 Å². The molecule has 1 heteroatoms. The summed E-state index contributed by atoms with van der Waals surface area (Å²) in [7, 11) is 0. The minimum absolute atomic E-state index is 0.494. The lowest BCUT2D eigenvalue weighted by Crippen LogP contribution is -2.35. The SMILES string of the molecule is CC(C)CC(N)C1CCC1. The van der Waals surface area contributed by atoms with E-state index < -0.39 is 0 Å². The zero-order chi connectivity index (χ0) is 7.56. The average Bonchev–Trinajstić information content (AvgIpc) is 1.55. The van der Waals surface area contributed by atoms with Gasteiger partial charge in [-0.3, -0.25) is 0 Å². The number of hydrogen-bond acceptors (Lipinski definition) is 1. The summed E-state index contributed by atoms with van der Waals surface area (Å²) in [6.45, 7) is 4.50. The van der Waals surface area contributed by atoms with Crippen molar-refractivity contribution in [2.24, 2.45) is 17.6 Å². The smallest absolute Gasteiger partial charge is 0.00695 e. The zero-order valence-electron chi connectivity index (χ0n) is 7.14. The Hall–Kier alpha value is -0.0400. The van der Waals surface area contributed by atoms with Crippen LogP contribution in [0.15, 0.2) is 0 Å². The highest BCUT2D eigenvalue weighted by Gasteiger charge is 2.24. The van der Waals surface area contributed by atoms with Gasteiger partial charge in [0.2, 0.25) is 0 Å². The fourth-order valence-corrected chi connectivity index (χ4v) is 1.60. The first-order valence-electron chi connectivity index (χ1n) is 4.45. The van der Waals surface area contributed by atoms with E-state index >= 15 is 0 Å². The second kappa shape index (κ2) is 3.38. The molecular formula is C9H19N. The molecule has 0 aromatic rings. The van der Waals surface area contributed by atoms with Crippen LogP contribution in [0.5, 0.6) is 0 Å². The molecule has 0 aromatic heterocycles. The summed E-state index contributed by atoms with van der Waals surface area (Å²) in [5.74, 6) is 1.64. The molecule has 1 aliphatic rings. The summed E-state index contributed by atoms with van der Waals surface area (Å²) in [4.78, 5) is 0. The Labute approximate surface area is 64.0 Å². The van der Waals surface area contributed by atoms with E-state index in [2.05, 4.69) is 13.8 Å². The molecule has 2 N–H and O–H groups in total. The third kappa shape index (κ3) is 1.98. The zero-order valence-corrected chi connectivity index (χ0v) is 7.14. The lowest BCUT2D eigenvalue weighted by atomic mass is 9.77. The Bertz CT molecular complexity index is 94.9. The van der Waals surface area contributed by atoms with Crippen molar-refractivity contribution < 1.29 is 0 Å². The molecule has 1 saturated carbocycles. The molecule has 10 heavy (non-hydrogen) atoms. The highest BCUT2D eigenvalue weighted by atomic mass is 14.7. The van der Waals surface area contributed by atoms with Gasteiger partial charge in [-0.05, 0) is 31.1 Å². The molecule has 0 aromatic carbocycles. The summed E-state index contributed by atoms with van der Waals surface area (Å²) in [5.41, 5.74) is 5.98. The van der Waals surface area contributed by atoms with Crippen molar-refractivity contribution in [1.29, 1.82) is 0 Å². The van der Waals surface area contributed by atoms with E-state index in [1.165, 1.54) is 25.7 Å². The molecule has 1 fully saturated rings. The van der Waals surface area contributed by atoms with Crippen molar-refractivity contribution in [2.45, 2.75) is 45.6 Å². The van der Waals surface area contributed by atoms with Gasteiger partial charge < -0.3 is 5.73 Å². The van der Waals surface area contributed by atoms with Gasteiger partial charge in [-0.25, -0.2) is 0 Å². The maximum Gasteiger partial charge on any atom is 0.00695 e. The van der Waals surface area contributed by atoms with Gasteiger partial charge in [-0.15, -0.1) is 0 Å². The van der Waals surface area contributed by atoms with Gasteiger partial charge in [0.1, 0.15) is 0 Å². The molecule has 1 rings (SSSR count). The average molecular weight is 141 g/mol. The number of hydrogen-bond donors (Lipinski definition) is 1. The van der Waals surface area contributed by atoms with Crippen LogP contribution in [0.25, 0.3) is 0 Å². The van der Waals surface area contributed by atoms with Crippen molar-refractivity contribution in [3.8, 4) is 0 Å². The Morgan fingerprint density at radius 2 is 2.00 bits per heavy atom. The van der Waals surface area contributed by atoms with Crippen LogP contribution >= 0.6 is 0 Å². The molecule has 60 valence electrons. The van der Waals surface area contributed by atoms with Gasteiger partial charge in [-0.2, -0.15) is 0 Å². The third-order valence-electron chi connectivity index (χ3n) is 2.50. The second-order valence-corrected chi connectivity index (χ2v) is 3.98. The van der Waals surface area contributed by atoms with E-state index in [1.54, 1.807) is 0 Å². The minimum Gasteiger partial charge on any atom is -0.327 e. The normalized spacial score (nSPS) is 22.8. The lowest BCUT2D eigenvalue weighted by Gasteiger charge is -2.32. The maximum atomic E-state index is 5.98. The fraction of sp³-hybridized carbons (Fsp3) is 1.00. The summed E-state index contributed by atoms with van der Waals surface area (Å²) >= 11 is 0. The molecule has 0 amide bonds. The molecule has 1 aliphatic carbocycles. The molecule has 0 radical (unpaired) electrons. The van der Waals surface area contributed by atoms with Gasteiger partial charge in [0.25, 0.3) is 0 Å². The fourth-order valence-electron chi connectivity index (χ4n) is 1.60. The molecule has 0 saturated heterocycles. The predicted octanol–water partition coefficient (Wildman–Crippen LogP) is 2.16. The van der Waals surface area contributed by atoms with Gasteiger partial charge in [-0.1, -0.05) is 20.3 Å². The van der Waals surface area contributed by atoms with Gasteiger partial charge >= 0.3 is 0 Å². The first-order valence-corrected chi connectivity index (χ1v) is 4.45. The van der Waals surface area contributed by atoms with Gasteiger partial charge in [0.05, 0.1) is 0 Å². The molecule has 1 nitrogen and oxygen atoms in total. The molecule has 1 atom stereocenters. The monoisotopic (exact) mass is 141 g/mol. The first-order chi connectivity index (χ1) is 4.70. The van der Waals surface area contributed by atoms with Gasteiger partial charge in [0.15, 0.2) is 0 Å². The molecule has 1 unspecified atom stereocenters. The van der Waals surface area contributed by atoms with Crippen LogP contribution in [0.3, 0.4) is 0 Å². The van der Waals surface area contributed by atoms with Crippen molar-refractivity contribution in [1.82, 2.24) is 0 Å². The van der Waals surface area contributed by atoms with Gasteiger partial charge in [0, 0.05) is 6.04 Å². The summed E-state index contributed by atoms with van der Waals surface area (Å²) < 4.78 is 0. The summed E-state index contributed by atoms with van der Waals surface area (Å²) in [5, 5.41) is 0.